The fourth-order valence-electron chi connectivity index (χ4n) is 1.82. The Morgan fingerprint density at radius 1 is 1.20 bits per heavy atom. The van der Waals surface area contributed by atoms with Gasteiger partial charge in [0.1, 0.15) is 18.1 Å². The Balaban J connectivity index is 2.18. The van der Waals surface area contributed by atoms with E-state index in [2.05, 4.69) is 0 Å². The summed E-state index contributed by atoms with van der Waals surface area (Å²) >= 11 is 0. The van der Waals surface area contributed by atoms with Gasteiger partial charge in [0.15, 0.2) is 0 Å². The van der Waals surface area contributed by atoms with Crippen molar-refractivity contribution in [3.05, 3.63) is 69.8 Å². The summed E-state index contributed by atoms with van der Waals surface area (Å²) in [6.45, 7) is 1.80. The average molecular weight is 271 g/mol. The SMILES string of the molecule is C[C@@H](Oc1cccc(C=O)c1)c1cccc([N+](=O)[O-])c1. The summed E-state index contributed by atoms with van der Waals surface area (Å²) in [5, 5.41) is 10.7. The van der Waals surface area contributed by atoms with Crippen LogP contribution in [0, 0.1) is 10.1 Å². The smallest absolute Gasteiger partial charge is 0.269 e. The molecule has 5 heteroatoms. The van der Waals surface area contributed by atoms with Crippen LogP contribution >= 0.6 is 0 Å². The molecular formula is C15H13NO4. The van der Waals surface area contributed by atoms with Gasteiger partial charge in [-0.05, 0) is 24.6 Å². The number of nitro benzene ring substituents is 1. The minimum atomic E-state index is -0.441. The maximum Gasteiger partial charge on any atom is 0.269 e. The highest BCUT2D eigenvalue weighted by Crippen LogP contribution is 2.24. The quantitative estimate of drug-likeness (QED) is 0.473. The highest BCUT2D eigenvalue weighted by Gasteiger charge is 2.12. The molecule has 0 aliphatic heterocycles. The molecule has 0 radical (unpaired) electrons. The van der Waals surface area contributed by atoms with Crippen LogP contribution in [-0.2, 0) is 0 Å². The molecule has 0 amide bonds. The second-order valence-electron chi connectivity index (χ2n) is 4.30. The Morgan fingerprint density at radius 2 is 1.95 bits per heavy atom. The standard InChI is InChI=1S/C15H13NO4/c1-11(13-5-3-6-14(9-13)16(18)19)20-15-7-2-4-12(8-15)10-17/h2-11H,1H3/t11-/m1/s1. The van der Waals surface area contributed by atoms with Gasteiger partial charge < -0.3 is 4.74 Å². The van der Waals surface area contributed by atoms with Gasteiger partial charge in [-0.1, -0.05) is 24.3 Å². The second-order valence-corrected chi connectivity index (χ2v) is 4.30. The van der Waals surface area contributed by atoms with E-state index in [9.17, 15) is 14.9 Å². The van der Waals surface area contributed by atoms with Crippen LogP contribution in [0.1, 0.15) is 28.9 Å². The molecule has 0 fully saturated rings. The molecule has 0 aliphatic rings. The van der Waals surface area contributed by atoms with Crippen molar-refractivity contribution >= 4 is 12.0 Å². The molecule has 1 atom stereocenters. The Morgan fingerprint density at radius 3 is 2.65 bits per heavy atom. The van der Waals surface area contributed by atoms with Crippen LogP contribution < -0.4 is 4.74 Å². The van der Waals surface area contributed by atoms with Crippen molar-refractivity contribution < 1.29 is 14.5 Å². The van der Waals surface area contributed by atoms with E-state index in [1.54, 1.807) is 43.3 Å². The lowest BCUT2D eigenvalue weighted by molar-refractivity contribution is -0.385. The molecule has 0 saturated heterocycles. The minimum Gasteiger partial charge on any atom is -0.486 e. The Kier molecular flexibility index (Phi) is 4.10. The summed E-state index contributed by atoms with van der Waals surface area (Å²) in [7, 11) is 0. The zero-order valence-electron chi connectivity index (χ0n) is 10.9. The monoisotopic (exact) mass is 271 g/mol. The lowest BCUT2D eigenvalue weighted by atomic mass is 10.1. The van der Waals surface area contributed by atoms with E-state index in [4.69, 9.17) is 4.74 Å². The van der Waals surface area contributed by atoms with Gasteiger partial charge in [-0.25, -0.2) is 0 Å². The van der Waals surface area contributed by atoms with Gasteiger partial charge in [0.25, 0.3) is 5.69 Å². The predicted molar refractivity (Wildman–Crippen MR) is 74.0 cm³/mol. The van der Waals surface area contributed by atoms with Crippen molar-refractivity contribution in [3.63, 3.8) is 0 Å². The van der Waals surface area contributed by atoms with E-state index in [-0.39, 0.29) is 11.8 Å². The van der Waals surface area contributed by atoms with Gasteiger partial charge in [0.05, 0.1) is 4.92 Å². The molecule has 0 N–H and O–H groups in total. The zero-order valence-corrected chi connectivity index (χ0v) is 10.9. The Hall–Kier alpha value is -2.69. The van der Waals surface area contributed by atoms with Crippen molar-refractivity contribution in [1.29, 1.82) is 0 Å². The summed E-state index contributed by atoms with van der Waals surface area (Å²) in [4.78, 5) is 21.0. The summed E-state index contributed by atoms with van der Waals surface area (Å²) in [6, 6.07) is 13.1. The Bertz CT molecular complexity index is 639. The molecule has 0 spiro atoms. The molecule has 2 aromatic rings. The number of nitrogens with zero attached hydrogens (tertiary/aromatic N) is 1. The van der Waals surface area contributed by atoms with Crippen LogP contribution in [0.5, 0.6) is 5.75 Å². The van der Waals surface area contributed by atoms with Gasteiger partial charge >= 0.3 is 0 Å². The van der Waals surface area contributed by atoms with Crippen molar-refractivity contribution in [3.8, 4) is 5.75 Å². The van der Waals surface area contributed by atoms with Crippen LogP contribution in [0.15, 0.2) is 48.5 Å². The highest BCUT2D eigenvalue weighted by molar-refractivity contribution is 5.75. The summed E-state index contributed by atoms with van der Waals surface area (Å²) < 4.78 is 5.70. The van der Waals surface area contributed by atoms with Gasteiger partial charge in [-0.3, -0.25) is 14.9 Å². The van der Waals surface area contributed by atoms with E-state index < -0.39 is 4.92 Å². The molecule has 0 aliphatic carbocycles. The number of carbonyl (C=O) groups excluding carboxylic acids is 1. The van der Waals surface area contributed by atoms with E-state index >= 15 is 0 Å². The topological polar surface area (TPSA) is 69.4 Å². The normalized spacial score (nSPS) is 11.7. The van der Waals surface area contributed by atoms with Gasteiger partial charge in [0, 0.05) is 17.7 Å². The first-order chi connectivity index (χ1) is 9.60. The first-order valence-corrected chi connectivity index (χ1v) is 6.06. The molecule has 20 heavy (non-hydrogen) atoms. The average Bonchev–Trinajstić information content (AvgIpc) is 2.47. The molecule has 5 nitrogen and oxygen atoms in total. The maximum absolute atomic E-state index is 10.7. The van der Waals surface area contributed by atoms with Crippen molar-refractivity contribution in [2.45, 2.75) is 13.0 Å². The highest BCUT2D eigenvalue weighted by atomic mass is 16.6. The maximum atomic E-state index is 10.7. The number of rotatable bonds is 5. The number of non-ortho nitro benzene ring substituents is 1. The van der Waals surface area contributed by atoms with E-state index in [0.717, 1.165) is 6.29 Å². The molecular weight excluding hydrogens is 258 g/mol. The lowest BCUT2D eigenvalue weighted by Gasteiger charge is -2.15. The van der Waals surface area contributed by atoms with E-state index in [0.29, 0.717) is 16.9 Å². The van der Waals surface area contributed by atoms with E-state index in [1.165, 1.54) is 12.1 Å². The predicted octanol–water partition coefficient (Wildman–Crippen LogP) is 3.55. The third-order valence-corrected chi connectivity index (χ3v) is 2.86. The first-order valence-electron chi connectivity index (χ1n) is 6.06. The van der Waals surface area contributed by atoms with Crippen LogP contribution in [0.2, 0.25) is 0 Å². The van der Waals surface area contributed by atoms with Crippen LogP contribution in [0.3, 0.4) is 0 Å². The van der Waals surface area contributed by atoms with Crippen LogP contribution in [-0.4, -0.2) is 11.2 Å². The van der Waals surface area contributed by atoms with Gasteiger partial charge in [-0.15, -0.1) is 0 Å². The molecule has 0 heterocycles. The van der Waals surface area contributed by atoms with Crippen molar-refractivity contribution in [2.75, 3.05) is 0 Å². The van der Waals surface area contributed by atoms with Crippen molar-refractivity contribution in [1.82, 2.24) is 0 Å². The number of nitro groups is 1. The summed E-state index contributed by atoms with van der Waals surface area (Å²) in [6.07, 6.45) is 0.391. The Labute approximate surface area is 116 Å². The number of hydrogen-bond acceptors (Lipinski definition) is 4. The number of carbonyl (C=O) groups is 1. The number of hydrogen-bond donors (Lipinski definition) is 0. The minimum absolute atomic E-state index is 0.0274. The second kappa shape index (κ2) is 5.97. The summed E-state index contributed by atoms with van der Waals surface area (Å²) in [5.74, 6) is 0.550. The molecule has 102 valence electrons. The molecule has 0 unspecified atom stereocenters. The molecule has 0 saturated carbocycles. The molecule has 2 aromatic carbocycles. The molecule has 0 aromatic heterocycles. The van der Waals surface area contributed by atoms with Gasteiger partial charge in [0.2, 0.25) is 0 Å². The molecule has 0 bridgehead atoms. The number of benzene rings is 2. The van der Waals surface area contributed by atoms with Crippen LogP contribution in [0.25, 0.3) is 0 Å². The summed E-state index contributed by atoms with van der Waals surface area (Å²) in [5.41, 5.74) is 1.25. The third-order valence-electron chi connectivity index (χ3n) is 2.86. The van der Waals surface area contributed by atoms with E-state index in [1.807, 2.05) is 0 Å². The third kappa shape index (κ3) is 3.20. The fraction of sp³-hybridized carbons (Fsp3) is 0.133. The first kappa shape index (κ1) is 13.7. The van der Waals surface area contributed by atoms with Crippen LogP contribution in [0.4, 0.5) is 5.69 Å². The largest absolute Gasteiger partial charge is 0.486 e. The van der Waals surface area contributed by atoms with Gasteiger partial charge in [-0.2, -0.15) is 0 Å². The number of aldehydes is 1. The van der Waals surface area contributed by atoms with Crippen molar-refractivity contribution in [2.24, 2.45) is 0 Å². The number of ether oxygens (including phenoxy) is 1. The lowest BCUT2D eigenvalue weighted by Crippen LogP contribution is -2.04. The zero-order chi connectivity index (χ0) is 14.5. The molecule has 2 rings (SSSR count). The fourth-order valence-corrected chi connectivity index (χ4v) is 1.82.